The normalized spacial score (nSPS) is 24.9. The second-order valence-electron chi connectivity index (χ2n) is 8.67. The highest BCUT2D eigenvalue weighted by molar-refractivity contribution is 5.78. The van der Waals surface area contributed by atoms with Gasteiger partial charge in [-0.25, -0.2) is 4.79 Å². The highest BCUT2D eigenvalue weighted by Crippen LogP contribution is 2.44. The zero-order chi connectivity index (χ0) is 19.7. The highest BCUT2D eigenvalue weighted by atomic mass is 16.5. The summed E-state index contributed by atoms with van der Waals surface area (Å²) < 4.78 is 8.13. The monoisotopic (exact) mass is 373 g/mol. The van der Waals surface area contributed by atoms with Gasteiger partial charge in [-0.15, -0.1) is 0 Å². The first-order valence-electron chi connectivity index (χ1n) is 9.36. The zero-order valence-electron chi connectivity index (χ0n) is 16.2. The van der Waals surface area contributed by atoms with Crippen LogP contribution in [0.3, 0.4) is 0 Å². The number of rotatable bonds is 2. The first-order valence-corrected chi connectivity index (χ1v) is 9.36. The average Bonchev–Trinajstić information content (AvgIpc) is 2.93. The van der Waals surface area contributed by atoms with Crippen molar-refractivity contribution in [3.05, 3.63) is 38.7 Å². The fourth-order valence-electron chi connectivity index (χ4n) is 4.72. The Bertz CT molecular complexity index is 1040. The summed E-state index contributed by atoms with van der Waals surface area (Å²) >= 11 is 0. The Morgan fingerprint density at radius 1 is 1.33 bits per heavy atom. The fourth-order valence-corrected chi connectivity index (χ4v) is 4.72. The quantitative estimate of drug-likeness (QED) is 0.742. The van der Waals surface area contributed by atoms with E-state index < -0.39 is 11.2 Å². The predicted octanol–water partition coefficient (Wildman–Crippen LogP) is 0.481. The SMILES string of the molecule is CC1COc2c(N3CC(C(C)N)C(C)(C)C3)ccn3c(=O)n(N)c(=O)c1c23. The van der Waals surface area contributed by atoms with E-state index in [1.54, 1.807) is 6.20 Å². The standard InChI is InChI=1S/C19H27N5O3/c1-10-8-27-16-13(22-7-12(11(2)20)19(3,4)9-22)5-6-23-15(16)14(10)17(25)24(21)18(23)26/h5-6,10-12H,7-9,20-21H2,1-4H3. The van der Waals surface area contributed by atoms with Crippen LogP contribution in [0.1, 0.15) is 39.2 Å². The minimum Gasteiger partial charge on any atom is -0.489 e. The maximum absolute atomic E-state index is 12.6. The van der Waals surface area contributed by atoms with Gasteiger partial charge >= 0.3 is 5.69 Å². The van der Waals surface area contributed by atoms with Crippen molar-refractivity contribution in [3.8, 4) is 5.75 Å². The summed E-state index contributed by atoms with van der Waals surface area (Å²) in [5, 5.41) is 0. The van der Waals surface area contributed by atoms with E-state index in [-0.39, 0.29) is 17.4 Å². The largest absolute Gasteiger partial charge is 0.489 e. The summed E-state index contributed by atoms with van der Waals surface area (Å²) in [7, 11) is 0. The molecule has 2 aliphatic heterocycles. The van der Waals surface area contributed by atoms with Crippen LogP contribution in [0, 0.1) is 11.3 Å². The maximum Gasteiger partial charge on any atom is 0.354 e. The molecule has 4 N–H and O–H groups in total. The number of nitrogens with zero attached hydrogens (tertiary/aromatic N) is 3. The lowest BCUT2D eigenvalue weighted by Crippen LogP contribution is -2.46. The minimum absolute atomic E-state index is 0.0537. The van der Waals surface area contributed by atoms with Gasteiger partial charge in [0, 0.05) is 31.2 Å². The molecular weight excluding hydrogens is 346 g/mol. The lowest BCUT2D eigenvalue weighted by Gasteiger charge is -2.29. The Labute approximate surface area is 157 Å². The molecule has 8 heteroatoms. The van der Waals surface area contributed by atoms with Crippen molar-refractivity contribution in [3.63, 3.8) is 0 Å². The number of anilines is 1. The molecule has 3 atom stereocenters. The Kier molecular flexibility index (Phi) is 3.82. The third-order valence-corrected chi connectivity index (χ3v) is 6.15. The summed E-state index contributed by atoms with van der Waals surface area (Å²) in [4.78, 5) is 27.4. The summed E-state index contributed by atoms with van der Waals surface area (Å²) in [6.45, 7) is 10.4. The molecule has 1 fully saturated rings. The molecule has 3 unspecified atom stereocenters. The Morgan fingerprint density at radius 2 is 2.04 bits per heavy atom. The number of hydrogen-bond donors (Lipinski definition) is 2. The average molecular weight is 373 g/mol. The molecule has 2 aliphatic rings. The second kappa shape index (κ2) is 5.76. The Balaban J connectivity index is 1.95. The van der Waals surface area contributed by atoms with E-state index in [4.69, 9.17) is 16.3 Å². The topological polar surface area (TPSA) is 108 Å². The van der Waals surface area contributed by atoms with E-state index in [9.17, 15) is 9.59 Å². The molecule has 0 aromatic carbocycles. The van der Waals surface area contributed by atoms with Crippen LogP contribution < -0.4 is 32.5 Å². The smallest absolute Gasteiger partial charge is 0.354 e. The molecule has 0 aliphatic carbocycles. The number of pyridine rings is 1. The predicted molar refractivity (Wildman–Crippen MR) is 105 cm³/mol. The van der Waals surface area contributed by atoms with Crippen LogP contribution in [0.15, 0.2) is 21.9 Å². The number of nitrogens with two attached hydrogens (primary N) is 2. The van der Waals surface area contributed by atoms with Gasteiger partial charge in [-0.05, 0) is 24.3 Å². The van der Waals surface area contributed by atoms with Crippen LogP contribution in [0.25, 0.3) is 5.52 Å². The van der Waals surface area contributed by atoms with Crippen molar-refractivity contribution in [2.45, 2.75) is 39.7 Å². The van der Waals surface area contributed by atoms with Crippen LogP contribution in [0.4, 0.5) is 5.69 Å². The van der Waals surface area contributed by atoms with Crippen molar-refractivity contribution in [2.24, 2.45) is 17.1 Å². The summed E-state index contributed by atoms with van der Waals surface area (Å²) in [5.41, 5.74) is 7.21. The number of ether oxygens (including phenoxy) is 1. The van der Waals surface area contributed by atoms with Crippen molar-refractivity contribution in [1.29, 1.82) is 0 Å². The molecule has 0 spiro atoms. The van der Waals surface area contributed by atoms with Crippen LogP contribution in [0.2, 0.25) is 0 Å². The first kappa shape index (κ1) is 17.9. The second-order valence-corrected chi connectivity index (χ2v) is 8.67. The van der Waals surface area contributed by atoms with E-state index >= 15 is 0 Å². The van der Waals surface area contributed by atoms with Crippen molar-refractivity contribution in [1.82, 2.24) is 9.08 Å². The number of nitrogen functional groups attached to an aromatic ring is 1. The van der Waals surface area contributed by atoms with Gasteiger partial charge in [-0.1, -0.05) is 20.8 Å². The maximum atomic E-state index is 12.6. The summed E-state index contributed by atoms with van der Waals surface area (Å²) in [6, 6.07) is 1.94. The van der Waals surface area contributed by atoms with E-state index in [2.05, 4.69) is 18.7 Å². The molecule has 0 saturated carbocycles. The highest BCUT2D eigenvalue weighted by Gasteiger charge is 2.42. The van der Waals surface area contributed by atoms with Crippen molar-refractivity contribution < 1.29 is 4.74 Å². The lowest BCUT2D eigenvalue weighted by atomic mass is 9.78. The van der Waals surface area contributed by atoms with Gasteiger partial charge in [-0.2, -0.15) is 4.68 Å². The minimum atomic E-state index is -0.570. The molecule has 4 heterocycles. The van der Waals surface area contributed by atoms with Crippen molar-refractivity contribution >= 4 is 11.2 Å². The molecule has 2 aromatic heterocycles. The third kappa shape index (κ3) is 2.46. The molecule has 146 valence electrons. The summed E-state index contributed by atoms with van der Waals surface area (Å²) in [5.74, 6) is 6.49. The van der Waals surface area contributed by atoms with E-state index in [0.717, 1.165) is 18.8 Å². The van der Waals surface area contributed by atoms with Crippen LogP contribution >= 0.6 is 0 Å². The molecule has 2 aromatic rings. The molecule has 0 amide bonds. The lowest BCUT2D eigenvalue weighted by molar-refractivity contribution is 0.256. The van der Waals surface area contributed by atoms with E-state index in [1.165, 1.54) is 4.40 Å². The molecule has 0 bridgehead atoms. The Morgan fingerprint density at radius 3 is 2.67 bits per heavy atom. The van der Waals surface area contributed by atoms with E-state index in [1.807, 2.05) is 19.9 Å². The molecular formula is C19H27N5O3. The van der Waals surface area contributed by atoms with Gasteiger partial charge in [0.25, 0.3) is 5.56 Å². The molecule has 4 rings (SSSR count). The van der Waals surface area contributed by atoms with E-state index in [0.29, 0.717) is 34.0 Å². The molecule has 8 nitrogen and oxygen atoms in total. The fraction of sp³-hybridized carbons (Fsp3) is 0.579. The zero-order valence-corrected chi connectivity index (χ0v) is 16.2. The van der Waals surface area contributed by atoms with Gasteiger partial charge in [0.15, 0.2) is 5.75 Å². The van der Waals surface area contributed by atoms with Gasteiger partial charge in [-0.3, -0.25) is 9.20 Å². The number of aromatic nitrogens is 2. The Hall–Kier alpha value is -2.48. The van der Waals surface area contributed by atoms with Gasteiger partial charge in [0.05, 0.1) is 17.9 Å². The van der Waals surface area contributed by atoms with Gasteiger partial charge in [0.1, 0.15) is 5.52 Å². The van der Waals surface area contributed by atoms with Gasteiger partial charge < -0.3 is 21.2 Å². The summed E-state index contributed by atoms with van der Waals surface area (Å²) in [6.07, 6.45) is 1.68. The third-order valence-electron chi connectivity index (χ3n) is 6.15. The van der Waals surface area contributed by atoms with Crippen LogP contribution in [-0.2, 0) is 0 Å². The van der Waals surface area contributed by atoms with Crippen LogP contribution in [-0.4, -0.2) is 34.8 Å². The molecule has 0 radical (unpaired) electrons. The van der Waals surface area contributed by atoms with Crippen molar-refractivity contribution in [2.75, 3.05) is 30.4 Å². The van der Waals surface area contributed by atoms with Gasteiger partial charge in [0.2, 0.25) is 0 Å². The van der Waals surface area contributed by atoms with Crippen LogP contribution in [0.5, 0.6) is 5.75 Å². The molecule has 1 saturated heterocycles. The number of hydrogen-bond acceptors (Lipinski definition) is 6. The molecule has 27 heavy (non-hydrogen) atoms. The first-order chi connectivity index (χ1) is 12.6.